The maximum absolute atomic E-state index is 6.54. The summed E-state index contributed by atoms with van der Waals surface area (Å²) in [6, 6.07) is 67.6. The Morgan fingerprint density at radius 1 is 0.377 bits per heavy atom. The lowest BCUT2D eigenvalue weighted by atomic mass is 10.00. The van der Waals surface area contributed by atoms with E-state index in [4.69, 9.17) is 48.6 Å². The molecule has 0 bridgehead atoms. The zero-order valence-electron chi connectivity index (χ0n) is 40.0. The van der Waals surface area contributed by atoms with Gasteiger partial charge in [-0.25, -0.2) is 4.98 Å². The molecular formula is C64H33Cl3N6O2S2. The van der Waals surface area contributed by atoms with E-state index in [-0.39, 0.29) is 10.6 Å². The molecule has 0 saturated heterocycles. The van der Waals surface area contributed by atoms with Crippen molar-refractivity contribution in [1.82, 2.24) is 29.5 Å². The van der Waals surface area contributed by atoms with Crippen molar-refractivity contribution in [3.05, 3.63) is 210 Å². The van der Waals surface area contributed by atoms with Crippen molar-refractivity contribution in [1.29, 1.82) is 0 Å². The number of para-hydroxylation sites is 4. The first-order chi connectivity index (χ1) is 37.9. The summed E-state index contributed by atoms with van der Waals surface area (Å²) in [6.07, 6.45) is 0. The molecule has 0 aliphatic heterocycles. The largest absolute Gasteiger partial charge is 0.437 e. The van der Waals surface area contributed by atoms with E-state index in [1.54, 1.807) is 0 Å². The van der Waals surface area contributed by atoms with E-state index in [9.17, 15) is 0 Å². The molecule has 0 fully saturated rings. The van der Waals surface area contributed by atoms with Gasteiger partial charge < -0.3 is 13.8 Å². The fraction of sp³-hybridized carbons (Fsp3) is 0. The van der Waals surface area contributed by atoms with Crippen LogP contribution in [0.4, 0.5) is 0 Å². The maximum atomic E-state index is 6.54. The molecule has 10 aromatic carbocycles. The Bertz CT molecular complexity index is 5500. The molecule has 0 unspecified atom stereocenters. The number of nitrogens with zero attached hydrogens (tertiary/aromatic N) is 5. The van der Waals surface area contributed by atoms with Crippen LogP contribution in [-0.4, -0.2) is 29.5 Å². The molecule has 18 rings (SSSR count). The number of aromatic nitrogens is 6. The highest BCUT2D eigenvalue weighted by Gasteiger charge is 2.26. The van der Waals surface area contributed by atoms with Crippen LogP contribution in [0.5, 0.6) is 0 Å². The van der Waals surface area contributed by atoms with Gasteiger partial charge in [-0.1, -0.05) is 169 Å². The second kappa shape index (κ2) is 17.2. The van der Waals surface area contributed by atoms with Crippen LogP contribution in [0.25, 0.3) is 155 Å². The van der Waals surface area contributed by atoms with E-state index in [2.05, 4.69) is 176 Å². The van der Waals surface area contributed by atoms with Crippen LogP contribution < -0.4 is 0 Å². The third kappa shape index (κ3) is 6.70. The molecule has 77 heavy (non-hydrogen) atoms. The molecular weight excluding hydrogens is 1060 g/mol. The summed E-state index contributed by atoms with van der Waals surface area (Å²) in [6.45, 7) is 0. The number of halogens is 3. The lowest BCUT2D eigenvalue weighted by Gasteiger charge is -2.11. The van der Waals surface area contributed by atoms with Crippen LogP contribution in [0.2, 0.25) is 15.7 Å². The Morgan fingerprint density at radius 3 is 1.51 bits per heavy atom. The highest BCUT2D eigenvalue weighted by molar-refractivity contribution is 7.27. The second-order valence-corrected chi connectivity index (χ2v) is 22.0. The smallest absolute Gasteiger partial charge is 0.233 e. The molecule has 0 aliphatic carbocycles. The van der Waals surface area contributed by atoms with E-state index in [0.29, 0.717) is 22.0 Å². The van der Waals surface area contributed by atoms with Gasteiger partial charge in [0.05, 0.1) is 27.3 Å². The van der Waals surface area contributed by atoms with Crippen molar-refractivity contribution in [3.8, 4) is 5.82 Å². The van der Waals surface area contributed by atoms with Gasteiger partial charge >= 0.3 is 0 Å². The molecule has 0 spiro atoms. The number of nitrogens with one attached hydrogen (secondary N) is 1. The lowest BCUT2D eigenvalue weighted by molar-refractivity contribution is 0.652. The normalized spacial score (nSPS) is 12.1. The van der Waals surface area contributed by atoms with Crippen LogP contribution in [0.15, 0.2) is 203 Å². The van der Waals surface area contributed by atoms with Crippen molar-refractivity contribution < 1.29 is 8.83 Å². The third-order valence-corrected chi connectivity index (χ3v) is 17.7. The van der Waals surface area contributed by atoms with E-state index in [1.165, 1.54) is 94.5 Å². The van der Waals surface area contributed by atoms with Gasteiger partial charge in [0.2, 0.25) is 22.0 Å². The molecule has 0 saturated carbocycles. The van der Waals surface area contributed by atoms with Gasteiger partial charge in [0.1, 0.15) is 16.3 Å². The molecule has 18 aromatic rings. The van der Waals surface area contributed by atoms with Crippen molar-refractivity contribution in [2.45, 2.75) is 0 Å². The zero-order chi connectivity index (χ0) is 51.0. The fourth-order valence-electron chi connectivity index (χ4n) is 11.6. The Hall–Kier alpha value is -8.61. The highest BCUT2D eigenvalue weighted by Crippen LogP contribution is 2.50. The van der Waals surface area contributed by atoms with Gasteiger partial charge in [-0.15, -0.1) is 22.7 Å². The standard InChI is InChI=1S/C32H16ClN3OS.C22H13NS.C10H4Cl2N2O/c33-32-34-30(27-20-12-4-7-15-23(20)37-31(27)35-32)36-22-14-6-3-11-19(22)26-28(36)18-10-2-1-9-17(18)25-21-13-5-8-16-24(21)38-29(25)26;1-2-8-14-13(7-1)19-16-10-4-6-12-18(16)24-22(19)20-15-9-3-5-11-17(15)23-21(14)20;11-8-7-5-3-1-2-4-6(5)15-9(7)14-10(12)13-8/h1-16H;1-12,23H;1-4H. The average Bonchev–Trinajstić information content (AvgIpc) is 4.49. The number of fused-ring (bicyclic) bond motifs is 26. The van der Waals surface area contributed by atoms with Crippen molar-refractivity contribution in [2.75, 3.05) is 0 Å². The molecule has 8 heterocycles. The van der Waals surface area contributed by atoms with E-state index in [1.807, 2.05) is 65.1 Å². The number of H-pyrrole nitrogens is 1. The van der Waals surface area contributed by atoms with Gasteiger partial charge in [-0.3, -0.25) is 4.57 Å². The minimum absolute atomic E-state index is 0.0894. The van der Waals surface area contributed by atoms with Crippen LogP contribution in [0.1, 0.15) is 0 Å². The first-order valence-corrected chi connectivity index (χ1v) is 27.5. The first-order valence-electron chi connectivity index (χ1n) is 24.8. The van der Waals surface area contributed by atoms with Gasteiger partial charge in [-0.05, 0) is 70.4 Å². The Balaban J connectivity index is 0.000000108. The molecule has 8 nitrogen and oxygen atoms in total. The minimum Gasteiger partial charge on any atom is -0.437 e. The molecule has 13 heteroatoms. The molecule has 1 N–H and O–H groups in total. The number of benzene rings is 10. The molecule has 0 atom stereocenters. The molecule has 0 amide bonds. The van der Waals surface area contributed by atoms with E-state index < -0.39 is 0 Å². The number of hydrogen-bond acceptors (Lipinski definition) is 8. The number of rotatable bonds is 1. The van der Waals surface area contributed by atoms with Crippen molar-refractivity contribution in [2.24, 2.45) is 0 Å². The summed E-state index contributed by atoms with van der Waals surface area (Å²) in [7, 11) is 0. The van der Waals surface area contributed by atoms with Crippen molar-refractivity contribution in [3.63, 3.8) is 0 Å². The average molecular weight is 1090 g/mol. The molecule has 364 valence electrons. The van der Waals surface area contributed by atoms with Crippen LogP contribution >= 0.6 is 57.5 Å². The van der Waals surface area contributed by atoms with Gasteiger partial charge in [-0.2, -0.15) is 15.0 Å². The molecule has 0 aliphatic rings. The Labute approximate surface area is 457 Å². The first kappa shape index (κ1) is 44.7. The summed E-state index contributed by atoms with van der Waals surface area (Å²) in [5.41, 5.74) is 7.04. The van der Waals surface area contributed by atoms with E-state index in [0.717, 1.165) is 44.2 Å². The van der Waals surface area contributed by atoms with Crippen LogP contribution in [0, 0.1) is 0 Å². The summed E-state index contributed by atoms with van der Waals surface area (Å²) >= 11 is 22.0. The summed E-state index contributed by atoms with van der Waals surface area (Å²) < 4.78 is 19.2. The molecule has 0 radical (unpaired) electrons. The van der Waals surface area contributed by atoms with Crippen LogP contribution in [0.3, 0.4) is 0 Å². The van der Waals surface area contributed by atoms with Gasteiger partial charge in [0.25, 0.3) is 0 Å². The van der Waals surface area contributed by atoms with Gasteiger partial charge in [0, 0.05) is 89.0 Å². The molecule has 8 aromatic heterocycles. The van der Waals surface area contributed by atoms with Crippen molar-refractivity contribution >= 4 is 207 Å². The minimum atomic E-state index is 0.0894. The number of furan rings is 2. The Morgan fingerprint density at radius 2 is 0.844 bits per heavy atom. The number of aromatic amines is 1. The summed E-state index contributed by atoms with van der Waals surface area (Å²) in [5.74, 6) is 0.724. The summed E-state index contributed by atoms with van der Waals surface area (Å²) in [5, 5.41) is 19.5. The van der Waals surface area contributed by atoms with E-state index >= 15 is 0 Å². The topological polar surface area (TPSA) is 98.6 Å². The monoisotopic (exact) mass is 1090 g/mol. The lowest BCUT2D eigenvalue weighted by Crippen LogP contribution is -2.00. The fourth-order valence-corrected chi connectivity index (χ4v) is 14.8. The maximum Gasteiger partial charge on any atom is 0.233 e. The number of hydrogen-bond donors (Lipinski definition) is 1. The SMILES string of the molecule is Clc1nc(-n2c3ccccc3c3c4sc5ccccc5c4c4ccccc4c32)c2c(n1)oc1ccccc12.Clc1nc(Cl)c2c(n1)oc1ccccc12.c1ccc2c(c1)[nH]c1c3ccccc3c3c4ccccc4sc3c21. The third-order valence-electron chi connectivity index (χ3n) is 14.7. The second-order valence-electron chi connectivity index (χ2n) is 18.8. The quantitative estimate of drug-likeness (QED) is 0.130. The zero-order valence-corrected chi connectivity index (χ0v) is 43.9. The predicted octanol–water partition coefficient (Wildman–Crippen LogP) is 20.2. The number of thiophene rings is 2. The van der Waals surface area contributed by atoms with Gasteiger partial charge in [0.15, 0.2) is 5.82 Å². The Kier molecular flexibility index (Phi) is 9.98. The highest BCUT2D eigenvalue weighted by atomic mass is 35.5. The van der Waals surface area contributed by atoms with Crippen LogP contribution in [-0.2, 0) is 0 Å². The summed E-state index contributed by atoms with van der Waals surface area (Å²) in [4.78, 5) is 20.8. The predicted molar refractivity (Wildman–Crippen MR) is 325 cm³/mol.